The average molecular weight is 506 g/mol. The third-order valence-corrected chi connectivity index (χ3v) is 4.86. The highest BCUT2D eigenvalue weighted by atomic mass is 127. The molecule has 0 N–H and O–H groups in total. The minimum atomic E-state index is -0.424. The Morgan fingerprint density at radius 3 is 2.21 bits per heavy atom. The van der Waals surface area contributed by atoms with Gasteiger partial charge in [0, 0.05) is 16.9 Å². The van der Waals surface area contributed by atoms with Gasteiger partial charge in [0.15, 0.2) is 5.69 Å². The maximum atomic E-state index is 10.9. The molecule has 4 aromatic rings. The third kappa shape index (κ3) is 3.87. The Hall–Kier alpha value is -2.85. The molecular weight excluding hydrogens is 493 g/mol. The number of hydrogen-bond acceptors (Lipinski definition) is 4. The van der Waals surface area contributed by atoms with Crippen molar-refractivity contribution >= 4 is 28.3 Å². The number of benzene rings is 3. The van der Waals surface area contributed by atoms with Gasteiger partial charge in [-0.3, -0.25) is 10.1 Å². The normalized spacial score (nSPS) is 10.3. The zero-order chi connectivity index (χ0) is 18.8. The number of aromatic nitrogens is 4. The molecule has 0 aliphatic rings. The Kier molecular flexibility index (Phi) is 6.00. The summed E-state index contributed by atoms with van der Waals surface area (Å²) in [7, 11) is 0. The van der Waals surface area contributed by atoms with E-state index in [-0.39, 0.29) is 18.1 Å². The summed E-state index contributed by atoms with van der Waals surface area (Å²) in [6.07, 6.45) is 0. The maximum absolute atomic E-state index is 10.9. The molecule has 1 heterocycles. The molecule has 0 atom stereocenters. The molecule has 7 nitrogen and oxygen atoms in total. The predicted molar refractivity (Wildman–Crippen MR) is 108 cm³/mol. The molecule has 0 spiro atoms. The lowest BCUT2D eigenvalue weighted by molar-refractivity contribution is -0.735. The van der Waals surface area contributed by atoms with E-state index in [1.165, 1.54) is 12.1 Å². The number of halogens is 2. The summed E-state index contributed by atoms with van der Waals surface area (Å²) in [5, 5.41) is 20.2. The third-order valence-electron chi connectivity index (χ3n) is 3.95. The molecule has 3 aromatic carbocycles. The van der Waals surface area contributed by atoms with Crippen LogP contribution in [-0.4, -0.2) is 19.9 Å². The molecule has 1 aromatic heterocycles. The second-order valence-corrected chi connectivity index (χ2v) is 6.86. The molecule has 28 heavy (non-hydrogen) atoms. The van der Waals surface area contributed by atoms with Crippen LogP contribution in [-0.2, 0) is 0 Å². The van der Waals surface area contributed by atoms with Crippen LogP contribution in [0, 0.1) is 13.7 Å². The molecule has 0 aliphatic heterocycles. The standard InChI is InChI=1S/C19H13IN5O2.ClH/c20-17-8-4-5-9-18(17)24-22-19(14-10-12-16(13-11-14)25(26)27)21-23(24)15-6-2-1-3-7-15;/h1-13H;1H/q+1;/p-1. The van der Waals surface area contributed by atoms with Crippen LogP contribution in [0.1, 0.15) is 0 Å². The van der Waals surface area contributed by atoms with E-state index in [9.17, 15) is 10.1 Å². The number of rotatable bonds is 4. The van der Waals surface area contributed by atoms with E-state index < -0.39 is 4.92 Å². The average Bonchev–Trinajstić information content (AvgIpc) is 3.14. The Balaban J connectivity index is 0.00000225. The van der Waals surface area contributed by atoms with Crippen molar-refractivity contribution < 1.29 is 22.1 Å². The summed E-state index contributed by atoms with van der Waals surface area (Å²) in [6, 6.07) is 23.8. The van der Waals surface area contributed by atoms with Gasteiger partial charge in [0.1, 0.15) is 5.69 Å². The van der Waals surface area contributed by atoms with E-state index in [4.69, 9.17) is 0 Å². The van der Waals surface area contributed by atoms with Crippen molar-refractivity contribution in [3.63, 3.8) is 0 Å². The summed E-state index contributed by atoms with van der Waals surface area (Å²) in [5.41, 5.74) is 2.49. The van der Waals surface area contributed by atoms with Gasteiger partial charge in [-0.2, -0.15) is 0 Å². The second-order valence-electron chi connectivity index (χ2n) is 5.69. The predicted octanol–water partition coefficient (Wildman–Crippen LogP) is 0.728. The maximum Gasteiger partial charge on any atom is 0.340 e. The van der Waals surface area contributed by atoms with Crippen molar-refractivity contribution in [3.05, 3.63) is 92.5 Å². The molecule has 4 rings (SSSR count). The van der Waals surface area contributed by atoms with Gasteiger partial charge < -0.3 is 12.4 Å². The number of para-hydroxylation sites is 2. The smallest absolute Gasteiger partial charge is 0.340 e. The van der Waals surface area contributed by atoms with Crippen LogP contribution in [0.3, 0.4) is 0 Å². The highest BCUT2D eigenvalue weighted by Gasteiger charge is 2.24. The van der Waals surface area contributed by atoms with Crippen LogP contribution in [0.2, 0.25) is 0 Å². The number of nitro groups is 1. The molecule has 0 bridgehead atoms. The summed E-state index contributed by atoms with van der Waals surface area (Å²) in [6.45, 7) is 0. The Bertz CT molecular complexity index is 1120. The summed E-state index contributed by atoms with van der Waals surface area (Å²) in [4.78, 5) is 13.9. The molecule has 0 unspecified atom stereocenters. The lowest BCUT2D eigenvalue weighted by atomic mass is 10.2. The SMILES string of the molecule is O=[N+]([O-])c1ccc(-c2nn(-c3ccccc3)[n+](-c3ccccc3I)n2)cc1.[Cl-]. The minimum absolute atomic E-state index is 0. The van der Waals surface area contributed by atoms with Crippen LogP contribution >= 0.6 is 22.6 Å². The minimum Gasteiger partial charge on any atom is -1.00 e. The van der Waals surface area contributed by atoms with Crippen molar-refractivity contribution in [1.29, 1.82) is 0 Å². The zero-order valence-corrected chi connectivity index (χ0v) is 17.2. The van der Waals surface area contributed by atoms with E-state index in [0.29, 0.717) is 11.4 Å². The quantitative estimate of drug-likeness (QED) is 0.177. The fraction of sp³-hybridized carbons (Fsp3) is 0. The van der Waals surface area contributed by atoms with Gasteiger partial charge >= 0.3 is 5.82 Å². The van der Waals surface area contributed by atoms with Gasteiger partial charge in [0.2, 0.25) is 0 Å². The van der Waals surface area contributed by atoms with Crippen LogP contribution in [0.25, 0.3) is 22.8 Å². The van der Waals surface area contributed by atoms with Crippen molar-refractivity contribution in [2.45, 2.75) is 0 Å². The van der Waals surface area contributed by atoms with E-state index in [1.54, 1.807) is 21.7 Å². The van der Waals surface area contributed by atoms with Gasteiger partial charge in [-0.05, 0) is 68.9 Å². The number of non-ortho nitro benzene ring substituents is 1. The molecule has 0 radical (unpaired) electrons. The first-order valence-corrected chi connectivity index (χ1v) is 9.16. The van der Waals surface area contributed by atoms with Crippen molar-refractivity contribution in [2.24, 2.45) is 0 Å². The molecule has 140 valence electrons. The Morgan fingerprint density at radius 2 is 1.57 bits per heavy atom. The first-order valence-electron chi connectivity index (χ1n) is 8.08. The van der Waals surface area contributed by atoms with E-state index in [1.807, 2.05) is 54.6 Å². The fourth-order valence-electron chi connectivity index (χ4n) is 2.63. The van der Waals surface area contributed by atoms with Crippen LogP contribution < -0.4 is 17.2 Å². The number of tetrazole rings is 1. The monoisotopic (exact) mass is 505 g/mol. The van der Waals surface area contributed by atoms with Gasteiger partial charge in [-0.25, -0.2) is 0 Å². The van der Waals surface area contributed by atoms with Crippen molar-refractivity contribution in [1.82, 2.24) is 15.0 Å². The van der Waals surface area contributed by atoms with E-state index in [2.05, 4.69) is 32.8 Å². The van der Waals surface area contributed by atoms with Gasteiger partial charge in [-0.15, -0.1) is 0 Å². The number of hydrogen-bond donors (Lipinski definition) is 0. The first-order chi connectivity index (χ1) is 13.1. The highest BCUT2D eigenvalue weighted by molar-refractivity contribution is 14.1. The van der Waals surface area contributed by atoms with Crippen LogP contribution in [0.4, 0.5) is 5.69 Å². The van der Waals surface area contributed by atoms with Gasteiger partial charge in [-0.1, -0.05) is 30.3 Å². The molecular formula is C19H13ClIN5O2. The second kappa shape index (κ2) is 8.44. The van der Waals surface area contributed by atoms with Gasteiger partial charge in [0.25, 0.3) is 5.69 Å². The summed E-state index contributed by atoms with van der Waals surface area (Å²) >= 11 is 2.26. The Labute approximate surface area is 180 Å². The summed E-state index contributed by atoms with van der Waals surface area (Å²) in [5.74, 6) is 0.480. The number of nitro benzene ring substituents is 1. The van der Waals surface area contributed by atoms with Crippen LogP contribution in [0.15, 0.2) is 78.9 Å². The molecule has 0 fully saturated rings. The first kappa shape index (κ1) is 19.9. The van der Waals surface area contributed by atoms with Crippen molar-refractivity contribution in [2.75, 3.05) is 0 Å². The molecule has 0 aliphatic carbocycles. The van der Waals surface area contributed by atoms with Crippen LogP contribution in [0.5, 0.6) is 0 Å². The highest BCUT2D eigenvalue weighted by Crippen LogP contribution is 2.20. The molecule has 9 heteroatoms. The lowest BCUT2D eigenvalue weighted by Gasteiger charge is -2.01. The largest absolute Gasteiger partial charge is 1.00 e. The number of nitrogens with zero attached hydrogens (tertiary/aromatic N) is 5. The lowest BCUT2D eigenvalue weighted by Crippen LogP contribution is -3.00. The van der Waals surface area contributed by atoms with E-state index in [0.717, 1.165) is 14.9 Å². The topological polar surface area (TPSA) is 77.7 Å². The Morgan fingerprint density at radius 1 is 0.929 bits per heavy atom. The van der Waals surface area contributed by atoms with Gasteiger partial charge in [0.05, 0.1) is 19.2 Å². The van der Waals surface area contributed by atoms with Crippen molar-refractivity contribution in [3.8, 4) is 22.8 Å². The molecule has 0 amide bonds. The fourth-order valence-corrected chi connectivity index (χ4v) is 3.23. The zero-order valence-electron chi connectivity index (χ0n) is 14.3. The summed E-state index contributed by atoms with van der Waals surface area (Å²) < 4.78 is 1.03. The van der Waals surface area contributed by atoms with E-state index >= 15 is 0 Å². The molecule has 0 saturated carbocycles. The molecule has 0 saturated heterocycles.